The molecule has 0 N–H and O–H groups in total. The molecule has 0 radical (unpaired) electrons. The normalized spacial score (nSPS) is 25.3. The van der Waals surface area contributed by atoms with Crippen LogP contribution in [0.1, 0.15) is 73.1 Å². The number of hydrogen-bond acceptors (Lipinski definition) is 0. The quantitative estimate of drug-likeness (QED) is 0.399. The van der Waals surface area contributed by atoms with E-state index >= 15 is 0 Å². The Labute approximate surface area is 157 Å². The van der Waals surface area contributed by atoms with Gasteiger partial charge in [0.2, 0.25) is 0 Å². The number of rotatable bonds is 2. The van der Waals surface area contributed by atoms with Crippen LogP contribution < -0.4 is 0 Å². The number of fused-ring (bicyclic) bond motifs is 1. The summed E-state index contributed by atoms with van der Waals surface area (Å²) in [7, 11) is 0. The Morgan fingerprint density at radius 2 is 1.52 bits per heavy atom. The second-order valence-corrected chi connectivity index (χ2v) is 8.30. The molecule has 0 heterocycles. The lowest BCUT2D eigenvalue weighted by molar-refractivity contribution is 0.347. The average molecular weight is 376 g/mol. The molecule has 4 heteroatoms. The van der Waals surface area contributed by atoms with Gasteiger partial charge in [-0.3, -0.25) is 0 Å². The summed E-state index contributed by atoms with van der Waals surface area (Å²) in [5, 5.41) is 0. The Morgan fingerprint density at radius 3 is 2.22 bits per heavy atom. The third-order valence-corrected chi connectivity index (χ3v) is 6.52. The van der Waals surface area contributed by atoms with Crippen molar-refractivity contribution in [1.82, 2.24) is 0 Å². The number of benzene rings is 2. The third kappa shape index (κ3) is 3.51. The molecule has 2 aromatic carbocycles. The zero-order valence-corrected chi connectivity index (χ0v) is 15.5. The summed E-state index contributed by atoms with van der Waals surface area (Å²) in [6, 6.07) is 6.57. The van der Waals surface area contributed by atoms with Gasteiger partial charge in [-0.1, -0.05) is 31.9 Å². The van der Waals surface area contributed by atoms with E-state index in [-0.39, 0.29) is 17.3 Å². The summed E-state index contributed by atoms with van der Waals surface area (Å²) in [5.41, 5.74) is 2.34. The van der Waals surface area contributed by atoms with Crippen LogP contribution in [0.25, 0.3) is 0 Å². The molecule has 1 atom stereocenters. The van der Waals surface area contributed by atoms with Gasteiger partial charge in [0, 0.05) is 0 Å². The molecule has 1 unspecified atom stereocenters. The van der Waals surface area contributed by atoms with Crippen LogP contribution in [0.5, 0.6) is 0 Å². The zero-order chi connectivity index (χ0) is 19.1. The highest BCUT2D eigenvalue weighted by Gasteiger charge is 2.28. The second-order valence-electron chi connectivity index (χ2n) is 8.30. The maximum atomic E-state index is 14.9. The van der Waals surface area contributed by atoms with Crippen LogP contribution in [0.3, 0.4) is 0 Å². The van der Waals surface area contributed by atoms with E-state index in [2.05, 4.69) is 6.92 Å². The molecule has 0 nitrogen and oxygen atoms in total. The minimum atomic E-state index is -1.41. The van der Waals surface area contributed by atoms with Crippen molar-refractivity contribution in [1.29, 1.82) is 0 Å². The van der Waals surface area contributed by atoms with Crippen LogP contribution in [-0.2, 0) is 12.8 Å². The molecule has 0 saturated heterocycles. The van der Waals surface area contributed by atoms with Gasteiger partial charge in [-0.05, 0) is 84.2 Å². The summed E-state index contributed by atoms with van der Waals surface area (Å²) >= 11 is 0. The number of hydrogen-bond donors (Lipinski definition) is 0. The number of halogens is 4. The van der Waals surface area contributed by atoms with Crippen LogP contribution in [0, 0.1) is 29.2 Å². The summed E-state index contributed by atoms with van der Waals surface area (Å²) in [6.07, 6.45) is 5.72. The van der Waals surface area contributed by atoms with E-state index < -0.39 is 17.5 Å². The first-order valence-electron chi connectivity index (χ1n) is 9.88. The molecule has 4 rings (SSSR count). The van der Waals surface area contributed by atoms with E-state index in [1.807, 2.05) is 12.1 Å². The molecular weight excluding hydrogens is 352 g/mol. The van der Waals surface area contributed by atoms with Crippen molar-refractivity contribution >= 4 is 0 Å². The molecule has 0 aliphatic heterocycles. The summed E-state index contributed by atoms with van der Waals surface area (Å²) < 4.78 is 55.8. The first-order valence-corrected chi connectivity index (χ1v) is 9.88. The highest BCUT2D eigenvalue weighted by Crippen LogP contribution is 2.39. The maximum absolute atomic E-state index is 14.9. The maximum Gasteiger partial charge on any atom is 0.194 e. The zero-order valence-electron chi connectivity index (χ0n) is 15.5. The summed E-state index contributed by atoms with van der Waals surface area (Å²) in [6.45, 7) is 2.26. The van der Waals surface area contributed by atoms with Gasteiger partial charge in [0.15, 0.2) is 17.5 Å². The fourth-order valence-electron chi connectivity index (χ4n) is 4.81. The minimum Gasteiger partial charge on any atom is -0.207 e. The lowest BCUT2D eigenvalue weighted by Gasteiger charge is -2.28. The van der Waals surface area contributed by atoms with Crippen molar-refractivity contribution < 1.29 is 17.6 Å². The van der Waals surface area contributed by atoms with Crippen LogP contribution in [0.2, 0.25) is 0 Å². The first-order chi connectivity index (χ1) is 12.9. The van der Waals surface area contributed by atoms with Crippen molar-refractivity contribution in [2.45, 2.75) is 63.7 Å². The standard InChI is InChI=1S/C23H24F4/c1-13-2-4-14(5-3-13)15-6-8-18(20(24)11-15)16-7-9-19-17(10-16)12-21(25)23(27)22(19)26/h6,8,11-14,16H,2-5,7,9-10H2,1H3. The largest absolute Gasteiger partial charge is 0.207 e. The van der Waals surface area contributed by atoms with E-state index in [9.17, 15) is 17.6 Å². The highest BCUT2D eigenvalue weighted by atomic mass is 19.2. The second kappa shape index (κ2) is 7.29. The van der Waals surface area contributed by atoms with Crippen LogP contribution >= 0.6 is 0 Å². The Morgan fingerprint density at radius 1 is 0.778 bits per heavy atom. The van der Waals surface area contributed by atoms with Crippen molar-refractivity contribution in [3.63, 3.8) is 0 Å². The summed E-state index contributed by atoms with van der Waals surface area (Å²) in [4.78, 5) is 0. The Kier molecular flexibility index (Phi) is 5.00. The van der Waals surface area contributed by atoms with Crippen molar-refractivity contribution in [2.24, 2.45) is 5.92 Å². The first kappa shape index (κ1) is 18.5. The molecule has 2 aliphatic carbocycles. The molecular formula is C23H24F4. The predicted molar refractivity (Wildman–Crippen MR) is 97.9 cm³/mol. The Bertz CT molecular complexity index is 850. The molecule has 2 aromatic rings. The molecule has 0 amide bonds. The smallest absolute Gasteiger partial charge is 0.194 e. The van der Waals surface area contributed by atoms with Gasteiger partial charge >= 0.3 is 0 Å². The van der Waals surface area contributed by atoms with Crippen molar-refractivity contribution in [3.05, 3.63) is 69.8 Å². The molecule has 27 heavy (non-hydrogen) atoms. The van der Waals surface area contributed by atoms with Gasteiger partial charge in [0.1, 0.15) is 5.82 Å². The highest BCUT2D eigenvalue weighted by molar-refractivity contribution is 5.37. The molecule has 2 aliphatic rings. The van der Waals surface area contributed by atoms with Gasteiger partial charge in [-0.25, -0.2) is 17.6 Å². The fraction of sp³-hybridized carbons (Fsp3) is 0.478. The average Bonchev–Trinajstić information content (AvgIpc) is 2.66. The van der Waals surface area contributed by atoms with Crippen LogP contribution in [0.4, 0.5) is 17.6 Å². The molecule has 1 saturated carbocycles. The van der Waals surface area contributed by atoms with E-state index in [4.69, 9.17) is 0 Å². The van der Waals surface area contributed by atoms with Gasteiger partial charge in [0.25, 0.3) is 0 Å². The van der Waals surface area contributed by atoms with Gasteiger partial charge in [-0.2, -0.15) is 0 Å². The topological polar surface area (TPSA) is 0 Å². The van der Waals surface area contributed by atoms with Crippen molar-refractivity contribution in [3.8, 4) is 0 Å². The third-order valence-electron chi connectivity index (χ3n) is 6.52. The Balaban J connectivity index is 1.56. The van der Waals surface area contributed by atoms with Gasteiger partial charge < -0.3 is 0 Å². The van der Waals surface area contributed by atoms with Gasteiger partial charge in [-0.15, -0.1) is 0 Å². The molecule has 1 fully saturated rings. The SMILES string of the molecule is CC1CCC(c2ccc(C3CCc4c(cc(F)c(F)c4F)C3)c(F)c2)CC1. The van der Waals surface area contributed by atoms with Crippen molar-refractivity contribution in [2.75, 3.05) is 0 Å². The fourth-order valence-corrected chi connectivity index (χ4v) is 4.81. The van der Waals surface area contributed by atoms with E-state index in [1.54, 1.807) is 6.07 Å². The minimum absolute atomic E-state index is 0.137. The van der Waals surface area contributed by atoms with E-state index in [1.165, 1.54) is 12.8 Å². The monoisotopic (exact) mass is 376 g/mol. The summed E-state index contributed by atoms with van der Waals surface area (Å²) in [5.74, 6) is -2.88. The lowest BCUT2D eigenvalue weighted by Crippen LogP contribution is -2.17. The van der Waals surface area contributed by atoms with E-state index in [0.29, 0.717) is 36.3 Å². The Hall–Kier alpha value is -1.84. The molecule has 0 bridgehead atoms. The lowest BCUT2D eigenvalue weighted by atomic mass is 9.77. The molecule has 0 spiro atoms. The van der Waals surface area contributed by atoms with E-state index in [0.717, 1.165) is 30.4 Å². The van der Waals surface area contributed by atoms with Crippen LogP contribution in [-0.4, -0.2) is 0 Å². The molecule has 0 aromatic heterocycles. The van der Waals surface area contributed by atoms with Gasteiger partial charge in [0.05, 0.1) is 0 Å². The molecule has 144 valence electrons. The predicted octanol–water partition coefficient (Wildman–Crippen LogP) is 6.81. The van der Waals surface area contributed by atoms with Crippen LogP contribution in [0.15, 0.2) is 24.3 Å².